The predicted octanol–water partition coefficient (Wildman–Crippen LogP) is 3.42. The zero-order valence-corrected chi connectivity index (χ0v) is 13.4. The summed E-state index contributed by atoms with van der Waals surface area (Å²) in [5, 5.41) is 7.54. The number of hydrogen-bond donors (Lipinski definition) is 0. The van der Waals surface area contributed by atoms with E-state index >= 15 is 0 Å². The van der Waals surface area contributed by atoms with Crippen molar-refractivity contribution in [3.05, 3.63) is 58.9 Å². The molecule has 0 spiro atoms. The molecular weight excluding hydrogens is 302 g/mol. The summed E-state index contributed by atoms with van der Waals surface area (Å²) in [7, 11) is 0. The lowest BCUT2D eigenvalue weighted by atomic mass is 10.2. The van der Waals surface area contributed by atoms with Gasteiger partial charge in [-0.05, 0) is 36.3 Å². The van der Waals surface area contributed by atoms with E-state index in [2.05, 4.69) is 10.2 Å². The van der Waals surface area contributed by atoms with Crippen LogP contribution in [0.3, 0.4) is 0 Å². The number of allylic oxidation sites excluding steroid dienone is 2. The molecule has 0 N–H and O–H groups in total. The van der Waals surface area contributed by atoms with Gasteiger partial charge in [0.25, 0.3) is 0 Å². The minimum atomic E-state index is -0.00316. The van der Waals surface area contributed by atoms with Crippen molar-refractivity contribution < 1.29 is 4.79 Å². The van der Waals surface area contributed by atoms with E-state index in [-0.39, 0.29) is 5.78 Å². The summed E-state index contributed by atoms with van der Waals surface area (Å²) in [5.74, 6) is -0.00316. The Bertz CT molecular complexity index is 640. The molecule has 0 unspecified atom stereocenters. The molecule has 2 aromatic rings. The SMILES string of the molecule is CSC(=CC(=O)/C=C/c1ccc(-n2cnnc2)cc1)SC. The molecular formula is C15H15N3OS2. The molecule has 2 rings (SSSR count). The van der Waals surface area contributed by atoms with Crippen molar-refractivity contribution in [2.45, 2.75) is 0 Å². The summed E-state index contributed by atoms with van der Waals surface area (Å²) >= 11 is 3.15. The van der Waals surface area contributed by atoms with E-state index < -0.39 is 0 Å². The van der Waals surface area contributed by atoms with Crippen LogP contribution in [0.5, 0.6) is 0 Å². The van der Waals surface area contributed by atoms with Crippen LogP contribution in [0.1, 0.15) is 5.56 Å². The van der Waals surface area contributed by atoms with Crippen LogP contribution in [-0.2, 0) is 4.79 Å². The average molecular weight is 317 g/mol. The third kappa shape index (κ3) is 4.61. The number of thioether (sulfide) groups is 2. The van der Waals surface area contributed by atoms with Crippen molar-refractivity contribution in [2.75, 3.05) is 12.5 Å². The van der Waals surface area contributed by atoms with Crippen molar-refractivity contribution >= 4 is 35.4 Å². The summed E-state index contributed by atoms with van der Waals surface area (Å²) < 4.78 is 2.83. The first-order valence-electron chi connectivity index (χ1n) is 6.19. The van der Waals surface area contributed by atoms with Gasteiger partial charge in [-0.3, -0.25) is 9.36 Å². The number of carbonyl (C=O) groups is 1. The molecule has 0 radical (unpaired) electrons. The van der Waals surface area contributed by atoms with E-state index in [0.717, 1.165) is 15.5 Å². The number of rotatable bonds is 6. The first-order chi connectivity index (χ1) is 10.2. The van der Waals surface area contributed by atoms with Gasteiger partial charge in [0.05, 0.1) is 0 Å². The first kappa shape index (κ1) is 15.6. The van der Waals surface area contributed by atoms with E-state index in [1.54, 1.807) is 48.3 Å². The first-order valence-corrected chi connectivity index (χ1v) is 8.64. The number of benzene rings is 1. The van der Waals surface area contributed by atoms with Gasteiger partial charge in [-0.15, -0.1) is 33.7 Å². The molecule has 0 atom stereocenters. The summed E-state index contributed by atoms with van der Waals surface area (Å²) in [6.45, 7) is 0. The molecule has 1 aromatic heterocycles. The zero-order valence-electron chi connectivity index (χ0n) is 11.8. The average Bonchev–Trinajstić information content (AvgIpc) is 3.05. The molecule has 1 aromatic carbocycles. The largest absolute Gasteiger partial charge is 0.290 e. The van der Waals surface area contributed by atoms with Crippen molar-refractivity contribution in [1.29, 1.82) is 0 Å². The molecule has 1 heterocycles. The Kier molecular flexibility index (Phi) is 5.83. The molecule has 21 heavy (non-hydrogen) atoms. The van der Waals surface area contributed by atoms with Gasteiger partial charge < -0.3 is 0 Å². The van der Waals surface area contributed by atoms with Crippen LogP contribution >= 0.6 is 23.5 Å². The van der Waals surface area contributed by atoms with Gasteiger partial charge in [0.2, 0.25) is 0 Å². The summed E-state index contributed by atoms with van der Waals surface area (Å²) in [4.78, 5) is 11.8. The highest BCUT2D eigenvalue weighted by atomic mass is 32.2. The molecule has 0 saturated heterocycles. The Balaban J connectivity index is 2.05. The van der Waals surface area contributed by atoms with Crippen LogP contribution in [0.2, 0.25) is 0 Å². The van der Waals surface area contributed by atoms with Gasteiger partial charge in [0.1, 0.15) is 12.7 Å². The molecule has 0 aliphatic carbocycles. The normalized spacial score (nSPS) is 10.8. The zero-order chi connectivity index (χ0) is 15.1. The molecule has 0 aliphatic rings. The molecule has 4 nitrogen and oxygen atoms in total. The standard InChI is InChI=1S/C15H15N3OS2/c1-20-15(21-2)9-14(19)8-5-12-3-6-13(7-4-12)18-10-16-17-11-18/h3-11H,1-2H3/b8-5+. The number of carbonyl (C=O) groups excluding carboxylic acids is 1. The summed E-state index contributed by atoms with van der Waals surface area (Å²) in [6.07, 6.45) is 12.3. The molecule has 6 heteroatoms. The minimum absolute atomic E-state index is 0.00316. The Morgan fingerprint density at radius 2 is 1.71 bits per heavy atom. The van der Waals surface area contributed by atoms with Crippen molar-refractivity contribution in [2.24, 2.45) is 0 Å². The second kappa shape index (κ2) is 7.85. The van der Waals surface area contributed by atoms with Gasteiger partial charge in [0.15, 0.2) is 5.78 Å². The van der Waals surface area contributed by atoms with Crippen LogP contribution in [0.4, 0.5) is 0 Å². The highest BCUT2D eigenvalue weighted by molar-refractivity contribution is 8.21. The molecule has 0 saturated carbocycles. The molecule has 0 aliphatic heterocycles. The highest BCUT2D eigenvalue weighted by Gasteiger charge is 1.98. The molecule has 0 amide bonds. The Hall–Kier alpha value is -1.79. The smallest absolute Gasteiger partial charge is 0.180 e. The fraction of sp³-hybridized carbons (Fsp3) is 0.133. The fourth-order valence-corrected chi connectivity index (χ4v) is 2.77. The maximum atomic E-state index is 11.8. The monoisotopic (exact) mass is 317 g/mol. The summed E-state index contributed by atoms with van der Waals surface area (Å²) in [6, 6.07) is 7.82. The van der Waals surface area contributed by atoms with Crippen LogP contribution in [-0.4, -0.2) is 33.1 Å². The number of aromatic nitrogens is 3. The second-order valence-electron chi connectivity index (χ2n) is 4.07. The van der Waals surface area contributed by atoms with Crippen LogP contribution in [0, 0.1) is 0 Å². The molecule has 0 bridgehead atoms. The Morgan fingerprint density at radius 1 is 1.10 bits per heavy atom. The number of nitrogens with zero attached hydrogens (tertiary/aromatic N) is 3. The predicted molar refractivity (Wildman–Crippen MR) is 90.5 cm³/mol. The lowest BCUT2D eigenvalue weighted by Gasteiger charge is -2.01. The molecule has 0 fully saturated rings. The topological polar surface area (TPSA) is 47.8 Å². The van der Waals surface area contributed by atoms with Gasteiger partial charge in [-0.25, -0.2) is 0 Å². The number of hydrogen-bond acceptors (Lipinski definition) is 5. The molecule has 108 valence electrons. The van der Waals surface area contributed by atoms with Crippen molar-refractivity contribution in [1.82, 2.24) is 14.8 Å². The van der Waals surface area contributed by atoms with E-state index in [1.165, 1.54) is 0 Å². The quantitative estimate of drug-likeness (QED) is 0.764. The lowest BCUT2D eigenvalue weighted by Crippen LogP contribution is -1.90. The van der Waals surface area contributed by atoms with Crippen LogP contribution < -0.4 is 0 Å². The third-order valence-corrected chi connectivity index (χ3v) is 4.75. The highest BCUT2D eigenvalue weighted by Crippen LogP contribution is 2.23. The lowest BCUT2D eigenvalue weighted by molar-refractivity contribution is -0.110. The number of ketones is 1. The van der Waals surface area contributed by atoms with Crippen LogP contribution in [0.15, 0.2) is 53.3 Å². The van der Waals surface area contributed by atoms with Gasteiger partial charge in [-0.1, -0.05) is 18.2 Å². The van der Waals surface area contributed by atoms with E-state index in [1.807, 2.05) is 47.4 Å². The van der Waals surface area contributed by atoms with Crippen LogP contribution in [0.25, 0.3) is 11.8 Å². The fourth-order valence-electron chi connectivity index (χ4n) is 1.64. The van der Waals surface area contributed by atoms with E-state index in [0.29, 0.717) is 0 Å². The van der Waals surface area contributed by atoms with Gasteiger partial charge in [0, 0.05) is 16.0 Å². The van der Waals surface area contributed by atoms with Crippen molar-refractivity contribution in [3.8, 4) is 5.69 Å². The second-order valence-corrected chi connectivity index (χ2v) is 6.02. The third-order valence-electron chi connectivity index (χ3n) is 2.71. The summed E-state index contributed by atoms with van der Waals surface area (Å²) in [5.41, 5.74) is 1.96. The van der Waals surface area contributed by atoms with Gasteiger partial charge in [-0.2, -0.15) is 0 Å². The van der Waals surface area contributed by atoms with E-state index in [9.17, 15) is 4.79 Å². The maximum Gasteiger partial charge on any atom is 0.180 e. The van der Waals surface area contributed by atoms with Gasteiger partial charge >= 0.3 is 0 Å². The Labute approximate surface area is 132 Å². The minimum Gasteiger partial charge on any atom is -0.290 e. The maximum absolute atomic E-state index is 11.8. The van der Waals surface area contributed by atoms with E-state index in [4.69, 9.17) is 0 Å². The Morgan fingerprint density at radius 3 is 2.29 bits per heavy atom. The van der Waals surface area contributed by atoms with Crippen molar-refractivity contribution in [3.63, 3.8) is 0 Å².